The third-order valence-electron chi connectivity index (χ3n) is 15.9. The van der Waals surface area contributed by atoms with E-state index in [4.69, 9.17) is 4.74 Å². The van der Waals surface area contributed by atoms with Gasteiger partial charge in [0.1, 0.15) is 0 Å². The lowest BCUT2D eigenvalue weighted by Gasteiger charge is -2.73. The lowest BCUT2D eigenvalue weighted by atomic mass is 9.31. The summed E-state index contributed by atoms with van der Waals surface area (Å²) >= 11 is 0. The number of ketones is 1. The molecule has 4 unspecified atom stereocenters. The number of carbonyl (C=O) groups excluding carboxylic acids is 1. The van der Waals surface area contributed by atoms with Gasteiger partial charge in [0.2, 0.25) is 0 Å². The van der Waals surface area contributed by atoms with Gasteiger partial charge in [-0.2, -0.15) is 0 Å². The Hall–Kier alpha value is -1.93. The number of ether oxygens (including phenoxy) is 1. The number of hydrogen-bond acceptors (Lipinski definition) is 2. The third-order valence-corrected chi connectivity index (χ3v) is 15.9. The summed E-state index contributed by atoms with van der Waals surface area (Å²) in [6.45, 7) is 18.6. The van der Waals surface area contributed by atoms with Crippen molar-refractivity contribution >= 4 is 22.6 Å². The number of benzene rings is 2. The Bertz CT molecular complexity index is 1520. The lowest BCUT2D eigenvalue weighted by molar-refractivity contribution is -0.236. The Kier molecular flexibility index (Phi) is 5.88. The summed E-state index contributed by atoms with van der Waals surface area (Å²) in [5.74, 6) is 2.97. The molecule has 1 saturated heterocycles. The molecule has 2 nitrogen and oxygen atoms in total. The van der Waals surface area contributed by atoms with Gasteiger partial charge in [-0.15, -0.1) is 0 Å². The summed E-state index contributed by atoms with van der Waals surface area (Å²) in [4.78, 5) is 14.3. The van der Waals surface area contributed by atoms with Crippen molar-refractivity contribution in [2.45, 2.75) is 112 Å². The average Bonchev–Trinajstić information content (AvgIpc) is 3.30. The highest BCUT2D eigenvalue weighted by atomic mass is 16.5. The minimum Gasteiger partial charge on any atom is -0.377 e. The van der Waals surface area contributed by atoms with E-state index in [-0.39, 0.29) is 10.8 Å². The first-order valence-corrected chi connectivity index (χ1v) is 17.6. The van der Waals surface area contributed by atoms with Crippen molar-refractivity contribution in [3.63, 3.8) is 0 Å². The van der Waals surface area contributed by atoms with Crippen LogP contribution in [0, 0.1) is 56.2 Å². The second kappa shape index (κ2) is 8.86. The minimum atomic E-state index is -0.334. The van der Waals surface area contributed by atoms with Crippen LogP contribution in [0.2, 0.25) is 0 Å². The highest BCUT2D eigenvalue weighted by molar-refractivity contribution is 6.06. The Balaban J connectivity index is 1.20. The van der Waals surface area contributed by atoms with Gasteiger partial charge in [0.25, 0.3) is 0 Å². The zero-order chi connectivity index (χ0) is 30.2. The van der Waals surface area contributed by atoms with Crippen LogP contribution < -0.4 is 0 Å². The first-order valence-electron chi connectivity index (χ1n) is 17.6. The van der Waals surface area contributed by atoms with Crippen molar-refractivity contribution in [2.75, 3.05) is 6.61 Å². The molecule has 9 atom stereocenters. The first-order chi connectivity index (χ1) is 20.3. The van der Waals surface area contributed by atoms with E-state index in [9.17, 15) is 4.79 Å². The van der Waals surface area contributed by atoms with Gasteiger partial charge in [-0.1, -0.05) is 90.9 Å². The van der Waals surface area contributed by atoms with Gasteiger partial charge in [-0.3, -0.25) is 4.79 Å². The van der Waals surface area contributed by atoms with E-state index in [1.54, 1.807) is 0 Å². The van der Waals surface area contributed by atoms with Crippen molar-refractivity contribution < 1.29 is 9.53 Å². The summed E-state index contributed by atoms with van der Waals surface area (Å²) in [6, 6.07) is 15.2. The van der Waals surface area contributed by atoms with Crippen molar-refractivity contribution in [1.29, 1.82) is 0 Å². The average molecular weight is 579 g/mol. The van der Waals surface area contributed by atoms with Gasteiger partial charge >= 0.3 is 0 Å². The highest BCUT2D eigenvalue weighted by Crippen LogP contribution is 2.78. The van der Waals surface area contributed by atoms with Crippen molar-refractivity contribution in [3.8, 4) is 0 Å². The molecule has 230 valence electrons. The first kappa shape index (κ1) is 28.5. The maximum atomic E-state index is 14.3. The molecule has 0 N–H and O–H groups in total. The highest BCUT2D eigenvalue weighted by Gasteiger charge is 2.73. The molecule has 0 spiro atoms. The van der Waals surface area contributed by atoms with Gasteiger partial charge in [0, 0.05) is 5.41 Å². The van der Waals surface area contributed by atoms with E-state index in [1.165, 1.54) is 67.7 Å². The second-order valence-corrected chi connectivity index (χ2v) is 18.2. The molecular weight excluding hydrogens is 524 g/mol. The van der Waals surface area contributed by atoms with Crippen LogP contribution in [-0.4, -0.2) is 18.5 Å². The molecule has 2 aromatic rings. The molecule has 6 aliphatic rings. The van der Waals surface area contributed by atoms with Crippen LogP contribution in [0.25, 0.3) is 16.8 Å². The van der Waals surface area contributed by atoms with E-state index in [0.29, 0.717) is 45.4 Å². The maximum Gasteiger partial charge on any atom is 0.164 e. The van der Waals surface area contributed by atoms with Crippen LogP contribution in [-0.2, 0) is 9.53 Å². The Morgan fingerprint density at radius 1 is 0.767 bits per heavy atom. The molecule has 5 saturated carbocycles. The van der Waals surface area contributed by atoms with Crippen LogP contribution in [0.3, 0.4) is 0 Å². The Morgan fingerprint density at radius 3 is 2.33 bits per heavy atom. The molecule has 8 rings (SSSR count). The van der Waals surface area contributed by atoms with Gasteiger partial charge in [0.15, 0.2) is 5.78 Å². The predicted octanol–water partition coefficient (Wildman–Crippen LogP) is 10.3. The van der Waals surface area contributed by atoms with Crippen LogP contribution in [0.15, 0.2) is 48.0 Å². The van der Waals surface area contributed by atoms with E-state index >= 15 is 0 Å². The number of Topliss-reactive ketones (excluding diaryl/α,β-unsaturated/α-hetero) is 1. The normalized spacial score (nSPS) is 47.0. The number of allylic oxidation sites excluding steroid dienone is 1. The number of fused-ring (bicyclic) bond motifs is 6. The molecule has 1 aliphatic heterocycles. The minimum absolute atomic E-state index is 0.130. The van der Waals surface area contributed by atoms with Crippen LogP contribution in [0.1, 0.15) is 112 Å². The topological polar surface area (TPSA) is 26.3 Å². The summed E-state index contributed by atoms with van der Waals surface area (Å²) in [5, 5.41) is 2.50. The number of carbonyl (C=O) groups is 1. The maximum absolute atomic E-state index is 14.3. The second-order valence-electron chi connectivity index (χ2n) is 18.2. The number of hydrogen-bond donors (Lipinski definition) is 0. The van der Waals surface area contributed by atoms with Crippen molar-refractivity contribution in [2.24, 2.45) is 56.2 Å². The smallest absolute Gasteiger partial charge is 0.164 e. The predicted molar refractivity (Wildman–Crippen MR) is 177 cm³/mol. The molecule has 43 heavy (non-hydrogen) atoms. The van der Waals surface area contributed by atoms with E-state index < -0.39 is 0 Å². The fourth-order valence-electron chi connectivity index (χ4n) is 13.5. The zero-order valence-electron chi connectivity index (χ0n) is 27.9. The third kappa shape index (κ3) is 3.54. The van der Waals surface area contributed by atoms with Crippen LogP contribution in [0.5, 0.6) is 0 Å². The molecule has 2 heteroatoms. The number of rotatable bonds is 1. The molecule has 5 aliphatic carbocycles. The quantitative estimate of drug-likeness (QED) is 0.315. The summed E-state index contributed by atoms with van der Waals surface area (Å²) in [5.41, 5.74) is 3.42. The van der Waals surface area contributed by atoms with E-state index in [0.717, 1.165) is 30.4 Å². The Labute approximate surface area is 260 Å². The van der Waals surface area contributed by atoms with Gasteiger partial charge in [-0.25, -0.2) is 0 Å². The van der Waals surface area contributed by atoms with E-state index in [1.807, 2.05) is 0 Å². The molecule has 0 radical (unpaired) electrons. The summed E-state index contributed by atoms with van der Waals surface area (Å²) in [7, 11) is 0. The molecule has 0 amide bonds. The van der Waals surface area contributed by atoms with Gasteiger partial charge in [0.05, 0.1) is 12.7 Å². The molecule has 6 fully saturated rings. The van der Waals surface area contributed by atoms with Gasteiger partial charge in [-0.05, 0) is 137 Å². The molecule has 0 aromatic heterocycles. The molecule has 2 bridgehead atoms. The summed E-state index contributed by atoms with van der Waals surface area (Å²) < 4.78 is 6.79. The summed E-state index contributed by atoms with van der Waals surface area (Å²) in [6.07, 6.45) is 14.2. The Morgan fingerprint density at radius 2 is 1.51 bits per heavy atom. The molecule has 2 aromatic carbocycles. The SMILES string of the molecule is CC1(C)C(=O)C(=Cc2cccc3ccccc23)C[C@@]2(C)C1CC[C@]1(C)C2CCC2C3[C@H]4OC[C@@]3(CCC4(C)C)CC[C@]21C. The van der Waals surface area contributed by atoms with E-state index in [2.05, 4.69) is 97.0 Å². The van der Waals surface area contributed by atoms with Crippen molar-refractivity contribution in [3.05, 3.63) is 53.6 Å². The van der Waals surface area contributed by atoms with Crippen LogP contribution in [0.4, 0.5) is 0 Å². The lowest BCUT2D eigenvalue weighted by Crippen LogP contribution is -2.67. The fourth-order valence-corrected chi connectivity index (χ4v) is 13.5. The standard InChI is InChI=1S/C41H54O2/c1-36(2)19-21-41-22-20-39(6)30(33(41)35(36)43-25-41)15-16-32-38(5)24-28(23-27-13-10-12-26-11-8-9-14-29(26)27)34(42)37(3,4)31(38)17-18-40(32,39)7/h8-14,23,30-33,35H,15-22,24-25H2,1-7H3/t30?,31?,32?,33?,35-,38+,39-,40-,41-/m1/s1. The zero-order valence-corrected chi connectivity index (χ0v) is 27.9. The molecule has 1 heterocycles. The van der Waals surface area contributed by atoms with Gasteiger partial charge < -0.3 is 4.74 Å². The largest absolute Gasteiger partial charge is 0.377 e. The molecular formula is C41H54O2. The fraction of sp³-hybridized carbons (Fsp3) is 0.683. The van der Waals surface area contributed by atoms with Crippen LogP contribution >= 0.6 is 0 Å². The monoisotopic (exact) mass is 578 g/mol. The van der Waals surface area contributed by atoms with Crippen molar-refractivity contribution in [1.82, 2.24) is 0 Å².